The van der Waals surface area contributed by atoms with Gasteiger partial charge in [-0.15, -0.1) is 23.2 Å². The second-order valence-electron chi connectivity index (χ2n) is 3.61. The molecule has 0 bridgehead atoms. The summed E-state index contributed by atoms with van der Waals surface area (Å²) in [6.45, 7) is 4.93. The highest BCUT2D eigenvalue weighted by Crippen LogP contribution is 2.24. The zero-order chi connectivity index (χ0) is 9.14. The first-order valence-electron chi connectivity index (χ1n) is 4.37. The van der Waals surface area contributed by atoms with Gasteiger partial charge in [0, 0.05) is 11.1 Å². The van der Waals surface area contributed by atoms with Crippen LogP contribution in [0.3, 0.4) is 0 Å². The van der Waals surface area contributed by atoms with Gasteiger partial charge < -0.3 is 0 Å². The zero-order valence-corrected chi connectivity index (χ0v) is 9.07. The van der Waals surface area contributed by atoms with E-state index in [0.29, 0.717) is 5.92 Å². The standard InChI is InChI=1S/C9H15Cl2N/c1-6-3-7(2)12-5-8(10)4-9(6)11/h6,8-9H,3-5H2,1-2H3. The smallest absolute Gasteiger partial charge is 0.0553 e. The van der Waals surface area contributed by atoms with Crippen LogP contribution in [0.5, 0.6) is 0 Å². The van der Waals surface area contributed by atoms with Gasteiger partial charge in [0.2, 0.25) is 0 Å². The number of hydrogen-bond acceptors (Lipinski definition) is 1. The van der Waals surface area contributed by atoms with Crippen molar-refractivity contribution in [3.63, 3.8) is 0 Å². The predicted molar refractivity (Wildman–Crippen MR) is 55.7 cm³/mol. The van der Waals surface area contributed by atoms with Gasteiger partial charge in [0.05, 0.1) is 11.9 Å². The Morgan fingerprint density at radius 1 is 1.42 bits per heavy atom. The molecule has 0 aromatic rings. The lowest BCUT2D eigenvalue weighted by Gasteiger charge is -2.22. The molecule has 1 nitrogen and oxygen atoms in total. The fourth-order valence-electron chi connectivity index (χ4n) is 1.46. The van der Waals surface area contributed by atoms with Crippen molar-refractivity contribution in [2.24, 2.45) is 10.9 Å². The molecule has 0 spiro atoms. The van der Waals surface area contributed by atoms with Crippen molar-refractivity contribution in [2.75, 3.05) is 6.54 Å². The number of alkyl halides is 2. The summed E-state index contributed by atoms with van der Waals surface area (Å²) in [6, 6.07) is 0. The minimum absolute atomic E-state index is 0.116. The third kappa shape index (κ3) is 2.95. The molecule has 12 heavy (non-hydrogen) atoms. The summed E-state index contributed by atoms with van der Waals surface area (Å²) in [4.78, 5) is 4.38. The Kier molecular flexibility index (Phi) is 3.85. The van der Waals surface area contributed by atoms with Crippen molar-refractivity contribution in [1.82, 2.24) is 0 Å². The lowest BCUT2D eigenvalue weighted by Crippen LogP contribution is -2.23. The van der Waals surface area contributed by atoms with Crippen LogP contribution in [0.4, 0.5) is 0 Å². The van der Waals surface area contributed by atoms with Gasteiger partial charge in [-0.1, -0.05) is 6.92 Å². The first-order valence-corrected chi connectivity index (χ1v) is 5.25. The van der Waals surface area contributed by atoms with Gasteiger partial charge in [0.1, 0.15) is 0 Å². The summed E-state index contributed by atoms with van der Waals surface area (Å²) in [7, 11) is 0. The van der Waals surface area contributed by atoms with Crippen molar-refractivity contribution < 1.29 is 0 Å². The molecular formula is C9H15Cl2N. The summed E-state index contributed by atoms with van der Waals surface area (Å²) >= 11 is 12.2. The fraction of sp³-hybridized carbons (Fsp3) is 0.889. The number of nitrogens with zero attached hydrogens (tertiary/aromatic N) is 1. The van der Waals surface area contributed by atoms with E-state index in [1.165, 1.54) is 5.71 Å². The summed E-state index contributed by atoms with van der Waals surface area (Å²) < 4.78 is 0. The summed E-state index contributed by atoms with van der Waals surface area (Å²) in [6.07, 6.45) is 1.89. The molecular weight excluding hydrogens is 193 g/mol. The normalized spacial score (nSPS) is 38.3. The second kappa shape index (κ2) is 4.48. The van der Waals surface area contributed by atoms with Crippen molar-refractivity contribution in [2.45, 2.75) is 37.4 Å². The molecule has 70 valence electrons. The Balaban J connectivity index is 2.63. The Bertz CT molecular complexity index is 179. The molecule has 0 amide bonds. The minimum Gasteiger partial charge on any atom is -0.293 e. The number of rotatable bonds is 0. The average Bonchev–Trinajstić information content (AvgIpc) is 1.99. The Labute approximate surface area is 84.2 Å². The van der Waals surface area contributed by atoms with Gasteiger partial charge in [-0.25, -0.2) is 0 Å². The quantitative estimate of drug-likeness (QED) is 0.542. The van der Waals surface area contributed by atoms with Crippen LogP contribution >= 0.6 is 23.2 Å². The van der Waals surface area contributed by atoms with E-state index in [4.69, 9.17) is 23.2 Å². The summed E-state index contributed by atoms with van der Waals surface area (Å²) in [5.41, 5.74) is 1.18. The van der Waals surface area contributed by atoms with E-state index in [1.54, 1.807) is 0 Å². The van der Waals surface area contributed by atoms with Gasteiger partial charge in [-0.3, -0.25) is 4.99 Å². The lowest BCUT2D eigenvalue weighted by molar-refractivity contribution is 0.517. The van der Waals surface area contributed by atoms with Gasteiger partial charge in [0.15, 0.2) is 0 Å². The predicted octanol–water partition coefficient (Wildman–Crippen LogP) is 3.09. The molecule has 0 N–H and O–H groups in total. The highest BCUT2D eigenvalue weighted by atomic mass is 35.5. The van der Waals surface area contributed by atoms with E-state index < -0.39 is 0 Å². The molecule has 3 heteroatoms. The van der Waals surface area contributed by atoms with Gasteiger partial charge in [-0.2, -0.15) is 0 Å². The topological polar surface area (TPSA) is 12.4 Å². The average molecular weight is 208 g/mol. The molecule has 0 fully saturated rings. The first kappa shape index (κ1) is 10.3. The van der Waals surface area contributed by atoms with Crippen molar-refractivity contribution in [3.8, 4) is 0 Å². The molecule has 0 saturated carbocycles. The van der Waals surface area contributed by atoms with E-state index in [9.17, 15) is 0 Å². The SMILES string of the molecule is CC1=NCC(Cl)CC(Cl)C(C)C1. The molecule has 3 unspecified atom stereocenters. The molecule has 0 radical (unpaired) electrons. The van der Waals surface area contributed by atoms with Crippen LogP contribution in [0.15, 0.2) is 4.99 Å². The van der Waals surface area contributed by atoms with Crippen molar-refractivity contribution in [1.29, 1.82) is 0 Å². The molecule has 0 saturated heterocycles. The second-order valence-corrected chi connectivity index (χ2v) is 4.78. The maximum Gasteiger partial charge on any atom is 0.0553 e. The summed E-state index contributed by atoms with van der Waals surface area (Å²) in [5.74, 6) is 0.497. The lowest BCUT2D eigenvalue weighted by atomic mass is 9.96. The van der Waals surface area contributed by atoms with Crippen LogP contribution in [-0.4, -0.2) is 23.0 Å². The van der Waals surface area contributed by atoms with E-state index in [-0.39, 0.29) is 10.8 Å². The monoisotopic (exact) mass is 207 g/mol. The van der Waals surface area contributed by atoms with Crippen molar-refractivity contribution in [3.05, 3.63) is 0 Å². The molecule has 0 aromatic heterocycles. The largest absolute Gasteiger partial charge is 0.293 e. The van der Waals surface area contributed by atoms with Gasteiger partial charge in [-0.05, 0) is 25.7 Å². The maximum atomic E-state index is 6.16. The van der Waals surface area contributed by atoms with Crippen LogP contribution in [0.25, 0.3) is 0 Å². The minimum atomic E-state index is 0.116. The molecule has 0 aromatic carbocycles. The molecule has 0 aliphatic carbocycles. The Hall–Kier alpha value is 0.250. The van der Waals surface area contributed by atoms with Crippen LogP contribution in [-0.2, 0) is 0 Å². The van der Waals surface area contributed by atoms with E-state index in [1.807, 2.05) is 0 Å². The molecule has 1 heterocycles. The summed E-state index contributed by atoms with van der Waals surface area (Å²) in [5, 5.41) is 0.322. The Morgan fingerprint density at radius 2 is 2.08 bits per heavy atom. The fourth-order valence-corrected chi connectivity index (χ4v) is 2.12. The molecule has 1 aliphatic rings. The van der Waals surface area contributed by atoms with E-state index in [0.717, 1.165) is 19.4 Å². The molecule has 3 atom stereocenters. The van der Waals surface area contributed by atoms with Gasteiger partial charge >= 0.3 is 0 Å². The van der Waals surface area contributed by atoms with Crippen LogP contribution in [0.2, 0.25) is 0 Å². The van der Waals surface area contributed by atoms with Crippen LogP contribution < -0.4 is 0 Å². The maximum absolute atomic E-state index is 6.16. The highest BCUT2D eigenvalue weighted by molar-refractivity contribution is 6.24. The van der Waals surface area contributed by atoms with Crippen LogP contribution in [0, 0.1) is 5.92 Å². The van der Waals surface area contributed by atoms with Crippen molar-refractivity contribution >= 4 is 28.9 Å². The third-order valence-corrected chi connectivity index (χ3v) is 3.20. The molecule has 1 rings (SSSR count). The first-order chi connectivity index (χ1) is 5.59. The van der Waals surface area contributed by atoms with E-state index in [2.05, 4.69) is 18.8 Å². The van der Waals surface area contributed by atoms with Crippen LogP contribution in [0.1, 0.15) is 26.7 Å². The Morgan fingerprint density at radius 3 is 2.75 bits per heavy atom. The molecule has 1 aliphatic heterocycles. The number of aliphatic imine (C=N–C) groups is 1. The zero-order valence-electron chi connectivity index (χ0n) is 7.56. The highest BCUT2D eigenvalue weighted by Gasteiger charge is 2.21. The number of halogens is 2. The van der Waals surface area contributed by atoms with E-state index >= 15 is 0 Å². The van der Waals surface area contributed by atoms with Gasteiger partial charge in [0.25, 0.3) is 0 Å². The number of hydrogen-bond donors (Lipinski definition) is 0. The third-order valence-electron chi connectivity index (χ3n) is 2.28.